The maximum Gasteiger partial charge on any atom is 0.231 e. The Hall–Kier alpha value is -1.22. The summed E-state index contributed by atoms with van der Waals surface area (Å²) in [4.78, 5) is 0. The molecule has 1 aliphatic rings. The van der Waals surface area contributed by atoms with Crippen molar-refractivity contribution in [1.82, 2.24) is 0 Å². The smallest absolute Gasteiger partial charge is 0.231 e. The van der Waals surface area contributed by atoms with Crippen LogP contribution >= 0.6 is 0 Å². The maximum absolute atomic E-state index is 6.14. The molecule has 0 radical (unpaired) electrons. The first-order chi connectivity index (χ1) is 7.66. The molecule has 0 aromatic heterocycles. The van der Waals surface area contributed by atoms with Gasteiger partial charge < -0.3 is 15.2 Å². The number of benzene rings is 1. The van der Waals surface area contributed by atoms with Crippen molar-refractivity contribution in [2.24, 2.45) is 11.7 Å². The molecule has 0 unspecified atom stereocenters. The summed E-state index contributed by atoms with van der Waals surface area (Å²) in [5.74, 6) is 2.33. The number of rotatable bonds is 4. The molecule has 0 fully saturated rings. The summed E-state index contributed by atoms with van der Waals surface area (Å²) < 4.78 is 10.6. The van der Waals surface area contributed by atoms with E-state index in [9.17, 15) is 0 Å². The van der Waals surface area contributed by atoms with E-state index in [1.165, 1.54) is 0 Å². The standard InChI is InChI=1S/C13H19NO2/c1-9(2)3-5-11(14)10-4-6-12-13(7-10)16-8-15-12/h4,6-7,9,11H,3,5,8,14H2,1-2H3/t11-/m1/s1. The molecule has 0 bridgehead atoms. The van der Waals surface area contributed by atoms with Crippen LogP contribution in [0.3, 0.4) is 0 Å². The number of nitrogens with two attached hydrogens (primary N) is 1. The molecule has 3 nitrogen and oxygen atoms in total. The maximum atomic E-state index is 6.14. The fourth-order valence-corrected chi connectivity index (χ4v) is 1.82. The molecule has 88 valence electrons. The zero-order valence-electron chi connectivity index (χ0n) is 9.90. The number of hydrogen-bond acceptors (Lipinski definition) is 3. The van der Waals surface area contributed by atoms with Crippen LogP contribution in [0.5, 0.6) is 11.5 Å². The second-order valence-electron chi connectivity index (χ2n) is 4.69. The Morgan fingerprint density at radius 1 is 1.19 bits per heavy atom. The lowest BCUT2D eigenvalue weighted by Crippen LogP contribution is -2.11. The summed E-state index contributed by atoms with van der Waals surface area (Å²) in [5, 5.41) is 0. The van der Waals surface area contributed by atoms with Crippen LogP contribution < -0.4 is 15.2 Å². The highest BCUT2D eigenvalue weighted by atomic mass is 16.7. The van der Waals surface area contributed by atoms with Gasteiger partial charge in [0, 0.05) is 6.04 Å². The van der Waals surface area contributed by atoms with Crippen LogP contribution in [-0.4, -0.2) is 6.79 Å². The summed E-state index contributed by atoms with van der Waals surface area (Å²) in [6, 6.07) is 6.05. The fourth-order valence-electron chi connectivity index (χ4n) is 1.82. The van der Waals surface area contributed by atoms with Crippen LogP contribution in [0.1, 0.15) is 38.3 Å². The van der Waals surface area contributed by atoms with E-state index >= 15 is 0 Å². The van der Waals surface area contributed by atoms with E-state index in [4.69, 9.17) is 15.2 Å². The monoisotopic (exact) mass is 221 g/mol. The van der Waals surface area contributed by atoms with Crippen LogP contribution in [0, 0.1) is 5.92 Å². The Bertz CT molecular complexity index is 363. The molecule has 16 heavy (non-hydrogen) atoms. The second kappa shape index (κ2) is 4.74. The minimum absolute atomic E-state index is 0.0944. The Morgan fingerprint density at radius 2 is 1.94 bits per heavy atom. The van der Waals surface area contributed by atoms with Crippen molar-refractivity contribution >= 4 is 0 Å². The highest BCUT2D eigenvalue weighted by Crippen LogP contribution is 2.34. The number of hydrogen-bond donors (Lipinski definition) is 1. The van der Waals surface area contributed by atoms with E-state index in [2.05, 4.69) is 13.8 Å². The quantitative estimate of drug-likeness (QED) is 0.850. The first kappa shape index (κ1) is 11.3. The molecule has 2 rings (SSSR count). The van der Waals surface area contributed by atoms with Crippen molar-refractivity contribution in [2.45, 2.75) is 32.7 Å². The Morgan fingerprint density at radius 3 is 2.69 bits per heavy atom. The Kier molecular flexibility index (Phi) is 3.34. The van der Waals surface area contributed by atoms with Gasteiger partial charge in [-0.15, -0.1) is 0 Å². The average molecular weight is 221 g/mol. The molecule has 1 aromatic rings. The van der Waals surface area contributed by atoms with Crippen molar-refractivity contribution < 1.29 is 9.47 Å². The van der Waals surface area contributed by atoms with Crippen molar-refractivity contribution in [2.75, 3.05) is 6.79 Å². The van der Waals surface area contributed by atoms with Crippen LogP contribution in [0.15, 0.2) is 18.2 Å². The van der Waals surface area contributed by atoms with Gasteiger partial charge in [-0.3, -0.25) is 0 Å². The molecule has 0 aliphatic carbocycles. The fraction of sp³-hybridized carbons (Fsp3) is 0.538. The third-order valence-electron chi connectivity index (χ3n) is 2.88. The van der Waals surface area contributed by atoms with Gasteiger partial charge in [-0.2, -0.15) is 0 Å². The van der Waals surface area contributed by atoms with Crippen LogP contribution in [0.2, 0.25) is 0 Å². The van der Waals surface area contributed by atoms with Crippen molar-refractivity contribution in [3.63, 3.8) is 0 Å². The van der Waals surface area contributed by atoms with Gasteiger partial charge in [0.15, 0.2) is 11.5 Å². The lowest BCUT2D eigenvalue weighted by Gasteiger charge is -2.13. The molecule has 1 atom stereocenters. The highest BCUT2D eigenvalue weighted by Gasteiger charge is 2.15. The first-order valence-electron chi connectivity index (χ1n) is 5.82. The summed E-state index contributed by atoms with van der Waals surface area (Å²) >= 11 is 0. The van der Waals surface area contributed by atoms with Gasteiger partial charge in [0.1, 0.15) is 0 Å². The molecule has 2 N–H and O–H groups in total. The summed E-state index contributed by atoms with van der Waals surface area (Å²) in [5.41, 5.74) is 7.27. The van der Waals surface area contributed by atoms with Crippen molar-refractivity contribution in [3.05, 3.63) is 23.8 Å². The van der Waals surface area contributed by atoms with Crippen LogP contribution in [0.4, 0.5) is 0 Å². The van der Waals surface area contributed by atoms with Gasteiger partial charge in [-0.1, -0.05) is 19.9 Å². The van der Waals surface area contributed by atoms with E-state index in [1.807, 2.05) is 18.2 Å². The minimum Gasteiger partial charge on any atom is -0.454 e. The van der Waals surface area contributed by atoms with Crippen molar-refractivity contribution in [3.8, 4) is 11.5 Å². The minimum atomic E-state index is 0.0944. The molecule has 0 saturated heterocycles. The van der Waals surface area contributed by atoms with Gasteiger partial charge in [-0.25, -0.2) is 0 Å². The summed E-state index contributed by atoms with van der Waals surface area (Å²) in [7, 11) is 0. The van der Waals surface area contributed by atoms with Gasteiger partial charge in [0.25, 0.3) is 0 Å². The van der Waals surface area contributed by atoms with E-state index in [1.54, 1.807) is 0 Å². The number of fused-ring (bicyclic) bond motifs is 1. The zero-order valence-corrected chi connectivity index (χ0v) is 9.90. The first-order valence-corrected chi connectivity index (χ1v) is 5.82. The molecule has 0 saturated carbocycles. The van der Waals surface area contributed by atoms with Crippen molar-refractivity contribution in [1.29, 1.82) is 0 Å². The average Bonchev–Trinajstić information content (AvgIpc) is 2.72. The molecular formula is C13H19NO2. The highest BCUT2D eigenvalue weighted by molar-refractivity contribution is 5.45. The second-order valence-corrected chi connectivity index (χ2v) is 4.69. The Balaban J connectivity index is 2.03. The molecule has 1 aromatic carbocycles. The molecule has 1 heterocycles. The number of ether oxygens (including phenoxy) is 2. The third-order valence-corrected chi connectivity index (χ3v) is 2.88. The normalized spacial score (nSPS) is 15.5. The van der Waals surface area contributed by atoms with Crippen LogP contribution in [0.25, 0.3) is 0 Å². The van der Waals surface area contributed by atoms with E-state index in [-0.39, 0.29) is 6.04 Å². The predicted molar refractivity (Wildman–Crippen MR) is 63.6 cm³/mol. The van der Waals surface area contributed by atoms with E-state index in [0.717, 1.165) is 29.9 Å². The van der Waals surface area contributed by atoms with Gasteiger partial charge in [0.2, 0.25) is 6.79 Å². The molecule has 1 aliphatic heterocycles. The van der Waals surface area contributed by atoms with E-state index < -0.39 is 0 Å². The SMILES string of the molecule is CC(C)CC[C@@H](N)c1ccc2c(c1)OCO2. The van der Waals surface area contributed by atoms with Crippen LogP contribution in [-0.2, 0) is 0 Å². The lowest BCUT2D eigenvalue weighted by atomic mass is 9.98. The van der Waals surface area contributed by atoms with Gasteiger partial charge in [0.05, 0.1) is 0 Å². The summed E-state index contributed by atoms with van der Waals surface area (Å²) in [6.45, 7) is 4.75. The van der Waals surface area contributed by atoms with E-state index in [0.29, 0.717) is 12.7 Å². The van der Waals surface area contributed by atoms with Gasteiger partial charge in [-0.05, 0) is 36.5 Å². The third kappa shape index (κ3) is 2.47. The molecule has 0 spiro atoms. The topological polar surface area (TPSA) is 44.5 Å². The predicted octanol–water partition coefficient (Wildman–Crippen LogP) is 2.85. The zero-order chi connectivity index (χ0) is 11.5. The largest absolute Gasteiger partial charge is 0.454 e. The van der Waals surface area contributed by atoms with Gasteiger partial charge >= 0.3 is 0 Å². The molecule has 3 heteroatoms. The Labute approximate surface area is 96.5 Å². The molecule has 0 amide bonds. The lowest BCUT2D eigenvalue weighted by molar-refractivity contribution is 0.174. The summed E-state index contributed by atoms with van der Waals surface area (Å²) in [6.07, 6.45) is 2.16. The molecular weight excluding hydrogens is 202 g/mol.